The van der Waals surface area contributed by atoms with Gasteiger partial charge < -0.3 is 10.4 Å². The second kappa shape index (κ2) is 6.09. The van der Waals surface area contributed by atoms with Crippen molar-refractivity contribution in [2.75, 3.05) is 5.32 Å². The quantitative estimate of drug-likeness (QED) is 0.840. The monoisotopic (exact) mass is 293 g/mol. The number of anilines is 1. The molecule has 2 N–H and O–H groups in total. The number of nitrogens with one attached hydrogen (secondary N) is 1. The van der Waals surface area contributed by atoms with Crippen LogP contribution in [0.15, 0.2) is 35.9 Å². The summed E-state index contributed by atoms with van der Waals surface area (Å²) in [6.07, 6.45) is 2.76. The molecule has 1 aromatic rings. The normalized spacial score (nSPS) is 22.0. The molecule has 0 heterocycles. The van der Waals surface area contributed by atoms with Gasteiger partial charge in [0.05, 0.1) is 11.8 Å². The Morgan fingerprint density at radius 3 is 2.75 bits per heavy atom. The van der Waals surface area contributed by atoms with E-state index in [-0.39, 0.29) is 5.91 Å². The lowest BCUT2D eigenvalue weighted by molar-refractivity contribution is -0.146. The van der Waals surface area contributed by atoms with Crippen molar-refractivity contribution in [3.8, 4) is 0 Å². The summed E-state index contributed by atoms with van der Waals surface area (Å²) in [7, 11) is 0. The van der Waals surface area contributed by atoms with Gasteiger partial charge >= 0.3 is 5.97 Å². The van der Waals surface area contributed by atoms with Gasteiger partial charge in [-0.1, -0.05) is 29.3 Å². The Kier molecular flexibility index (Phi) is 4.45. The van der Waals surface area contributed by atoms with Crippen LogP contribution in [-0.4, -0.2) is 17.0 Å². The number of carbonyl (C=O) groups excluding carboxylic acids is 1. The summed E-state index contributed by atoms with van der Waals surface area (Å²) in [6, 6.07) is 6.81. The molecule has 4 nitrogen and oxygen atoms in total. The average molecular weight is 294 g/mol. The molecule has 2 atom stereocenters. The number of benzene rings is 1. The number of halogens is 1. The summed E-state index contributed by atoms with van der Waals surface area (Å²) in [5, 5.41) is 12.5. The van der Waals surface area contributed by atoms with Gasteiger partial charge in [-0.25, -0.2) is 0 Å². The average Bonchev–Trinajstić information content (AvgIpc) is 2.38. The van der Waals surface area contributed by atoms with Crippen LogP contribution in [-0.2, 0) is 9.59 Å². The molecule has 0 bridgehead atoms. The van der Waals surface area contributed by atoms with E-state index in [0.717, 1.165) is 5.57 Å². The van der Waals surface area contributed by atoms with Crippen LogP contribution >= 0.6 is 11.6 Å². The third-order valence-corrected chi connectivity index (χ3v) is 3.73. The van der Waals surface area contributed by atoms with Crippen LogP contribution in [0.2, 0.25) is 5.02 Å². The molecule has 0 aromatic heterocycles. The highest BCUT2D eigenvalue weighted by atomic mass is 35.5. The number of amides is 1. The second-order valence-electron chi connectivity index (χ2n) is 5.04. The van der Waals surface area contributed by atoms with Crippen molar-refractivity contribution >= 4 is 29.2 Å². The first-order chi connectivity index (χ1) is 9.47. The summed E-state index contributed by atoms with van der Waals surface area (Å²) in [6.45, 7) is 1.91. The molecule has 0 radical (unpaired) electrons. The Balaban J connectivity index is 2.14. The lowest BCUT2D eigenvalue weighted by atomic mass is 9.79. The van der Waals surface area contributed by atoms with E-state index >= 15 is 0 Å². The highest BCUT2D eigenvalue weighted by molar-refractivity contribution is 6.30. The molecule has 0 fully saturated rings. The first-order valence-corrected chi connectivity index (χ1v) is 6.80. The van der Waals surface area contributed by atoms with Crippen LogP contribution < -0.4 is 5.32 Å². The van der Waals surface area contributed by atoms with Gasteiger partial charge in [-0.15, -0.1) is 0 Å². The van der Waals surface area contributed by atoms with Gasteiger partial charge in [0.25, 0.3) is 0 Å². The molecule has 1 aliphatic carbocycles. The lowest BCUT2D eigenvalue weighted by Crippen LogP contribution is -2.35. The third kappa shape index (κ3) is 3.39. The number of carbonyl (C=O) groups is 2. The summed E-state index contributed by atoms with van der Waals surface area (Å²) in [5.74, 6) is -2.42. The van der Waals surface area contributed by atoms with E-state index in [4.69, 9.17) is 11.6 Å². The van der Waals surface area contributed by atoms with E-state index in [1.54, 1.807) is 24.3 Å². The van der Waals surface area contributed by atoms with Gasteiger partial charge in [0.15, 0.2) is 0 Å². The fraction of sp³-hybridized carbons (Fsp3) is 0.333. The van der Waals surface area contributed by atoms with Crippen LogP contribution in [0.25, 0.3) is 0 Å². The van der Waals surface area contributed by atoms with Crippen LogP contribution in [0.5, 0.6) is 0 Å². The zero-order chi connectivity index (χ0) is 14.7. The van der Waals surface area contributed by atoms with Crippen LogP contribution in [0, 0.1) is 11.8 Å². The standard InChI is InChI=1S/C15H16ClNO3/c1-9-5-6-12(15(19)20)13(7-9)14(18)17-11-4-2-3-10(16)8-11/h2-5,8,12-13H,6-7H2,1H3,(H,17,18)(H,19,20). The lowest BCUT2D eigenvalue weighted by Gasteiger charge is -2.26. The predicted molar refractivity (Wildman–Crippen MR) is 77.7 cm³/mol. The van der Waals surface area contributed by atoms with Crippen molar-refractivity contribution in [3.05, 3.63) is 40.9 Å². The van der Waals surface area contributed by atoms with Crippen LogP contribution in [0.3, 0.4) is 0 Å². The van der Waals surface area contributed by atoms with Gasteiger partial charge in [0, 0.05) is 10.7 Å². The van der Waals surface area contributed by atoms with E-state index in [9.17, 15) is 14.7 Å². The van der Waals surface area contributed by atoms with Gasteiger partial charge in [-0.3, -0.25) is 9.59 Å². The van der Waals surface area contributed by atoms with Crippen LogP contribution in [0.4, 0.5) is 5.69 Å². The molecule has 0 spiro atoms. The first-order valence-electron chi connectivity index (χ1n) is 6.42. The Morgan fingerprint density at radius 2 is 2.10 bits per heavy atom. The first kappa shape index (κ1) is 14.6. The van der Waals surface area contributed by atoms with Crippen molar-refractivity contribution in [1.82, 2.24) is 0 Å². The molecule has 2 rings (SSSR count). The summed E-state index contributed by atoms with van der Waals surface area (Å²) in [5.41, 5.74) is 1.63. The van der Waals surface area contributed by atoms with Crippen molar-refractivity contribution < 1.29 is 14.7 Å². The zero-order valence-corrected chi connectivity index (χ0v) is 11.9. The maximum atomic E-state index is 12.3. The summed E-state index contributed by atoms with van der Waals surface area (Å²) < 4.78 is 0. The molecular weight excluding hydrogens is 278 g/mol. The Labute approximate surface area is 122 Å². The summed E-state index contributed by atoms with van der Waals surface area (Å²) >= 11 is 5.86. The number of hydrogen-bond donors (Lipinski definition) is 2. The third-order valence-electron chi connectivity index (χ3n) is 3.49. The van der Waals surface area contributed by atoms with Gasteiger partial charge in [0.2, 0.25) is 5.91 Å². The molecular formula is C15H16ClNO3. The Morgan fingerprint density at radius 1 is 1.35 bits per heavy atom. The largest absolute Gasteiger partial charge is 0.481 e. The predicted octanol–water partition coefficient (Wildman–Crippen LogP) is 3.34. The van der Waals surface area contributed by atoms with Gasteiger partial charge in [-0.2, -0.15) is 0 Å². The minimum atomic E-state index is -0.931. The van der Waals surface area contributed by atoms with E-state index in [1.165, 1.54) is 0 Å². The molecule has 0 aliphatic heterocycles. The minimum absolute atomic E-state index is 0.271. The SMILES string of the molecule is CC1=CCC(C(=O)O)C(C(=O)Nc2cccc(Cl)c2)C1. The molecule has 1 amide bonds. The van der Waals surface area contributed by atoms with E-state index in [1.807, 2.05) is 13.0 Å². The van der Waals surface area contributed by atoms with E-state index in [2.05, 4.69) is 5.32 Å². The van der Waals surface area contributed by atoms with E-state index < -0.39 is 17.8 Å². The van der Waals surface area contributed by atoms with Gasteiger partial charge in [-0.05, 0) is 38.0 Å². The number of allylic oxidation sites excluding steroid dienone is 2. The fourth-order valence-corrected chi connectivity index (χ4v) is 2.60. The van der Waals surface area contributed by atoms with Crippen molar-refractivity contribution in [2.24, 2.45) is 11.8 Å². The number of rotatable bonds is 3. The van der Waals surface area contributed by atoms with Crippen LogP contribution in [0.1, 0.15) is 19.8 Å². The van der Waals surface area contributed by atoms with Crippen molar-refractivity contribution in [3.63, 3.8) is 0 Å². The maximum absolute atomic E-state index is 12.3. The van der Waals surface area contributed by atoms with E-state index in [0.29, 0.717) is 23.6 Å². The highest BCUT2D eigenvalue weighted by Gasteiger charge is 2.35. The molecule has 0 saturated heterocycles. The molecule has 2 unspecified atom stereocenters. The second-order valence-corrected chi connectivity index (χ2v) is 5.48. The number of carboxylic acid groups (broad SMARTS) is 1. The highest BCUT2D eigenvalue weighted by Crippen LogP contribution is 2.31. The maximum Gasteiger partial charge on any atom is 0.307 e. The topological polar surface area (TPSA) is 66.4 Å². The molecule has 106 valence electrons. The zero-order valence-electron chi connectivity index (χ0n) is 11.1. The van der Waals surface area contributed by atoms with Crippen molar-refractivity contribution in [2.45, 2.75) is 19.8 Å². The molecule has 1 aromatic carbocycles. The molecule has 1 aliphatic rings. The molecule has 0 saturated carbocycles. The molecule has 20 heavy (non-hydrogen) atoms. The Hall–Kier alpha value is -1.81. The number of hydrogen-bond acceptors (Lipinski definition) is 2. The Bertz CT molecular complexity index is 568. The van der Waals surface area contributed by atoms with Gasteiger partial charge in [0.1, 0.15) is 0 Å². The molecule has 5 heteroatoms. The smallest absolute Gasteiger partial charge is 0.307 e. The fourth-order valence-electron chi connectivity index (χ4n) is 2.41. The van der Waals surface area contributed by atoms with Crippen molar-refractivity contribution in [1.29, 1.82) is 0 Å². The summed E-state index contributed by atoms with van der Waals surface area (Å²) in [4.78, 5) is 23.5. The minimum Gasteiger partial charge on any atom is -0.481 e. The number of carboxylic acids is 1. The number of aliphatic carboxylic acids is 1.